The second kappa shape index (κ2) is 6.63. The lowest BCUT2D eigenvalue weighted by Crippen LogP contribution is -2.29. The first kappa shape index (κ1) is 13.2. The van der Waals surface area contributed by atoms with Crippen molar-refractivity contribution in [3.63, 3.8) is 0 Å². The molecule has 0 aliphatic rings. The van der Waals surface area contributed by atoms with Crippen molar-refractivity contribution in [1.29, 1.82) is 0 Å². The lowest BCUT2D eigenvalue weighted by atomic mass is 10.2. The highest BCUT2D eigenvalue weighted by atomic mass is 79.9. The van der Waals surface area contributed by atoms with Gasteiger partial charge in [0.25, 0.3) is 0 Å². The van der Waals surface area contributed by atoms with Gasteiger partial charge in [-0.1, -0.05) is 6.07 Å². The Hall–Kier alpha value is 0.1000. The molecular weight excluding hydrogens is 322 g/mol. The summed E-state index contributed by atoms with van der Waals surface area (Å²) in [6, 6.07) is 6.62. The predicted octanol–water partition coefficient (Wildman–Crippen LogP) is 3.34. The molecule has 1 rings (SSSR count). The number of ether oxygens (including phenoxy) is 1. The van der Waals surface area contributed by atoms with E-state index >= 15 is 0 Å². The molecule has 0 radical (unpaired) electrons. The van der Waals surface area contributed by atoms with Crippen molar-refractivity contribution in [3.05, 3.63) is 32.7 Å². The Bertz CT molecular complexity index is 317. The van der Waals surface area contributed by atoms with Crippen LogP contribution in [-0.4, -0.2) is 19.8 Å². The van der Waals surface area contributed by atoms with Crippen LogP contribution in [0.4, 0.5) is 0 Å². The first-order valence-electron chi connectivity index (χ1n) is 4.79. The van der Waals surface area contributed by atoms with E-state index in [9.17, 15) is 0 Å². The highest BCUT2D eigenvalue weighted by Crippen LogP contribution is 2.23. The lowest BCUT2D eigenvalue weighted by Gasteiger charge is -2.12. The summed E-state index contributed by atoms with van der Waals surface area (Å²) in [7, 11) is 1.72. The topological polar surface area (TPSA) is 21.3 Å². The summed E-state index contributed by atoms with van der Waals surface area (Å²) in [5.41, 5.74) is 1.26. The molecule has 15 heavy (non-hydrogen) atoms. The standard InChI is InChI=1S/C11H15Br2NO/c1-8(7-15-2)14-6-9-3-4-10(12)11(13)5-9/h3-5,8,14H,6-7H2,1-2H3. The van der Waals surface area contributed by atoms with Crippen LogP contribution in [0.1, 0.15) is 12.5 Å². The van der Waals surface area contributed by atoms with Crippen LogP contribution in [0.15, 0.2) is 27.1 Å². The fourth-order valence-electron chi connectivity index (χ4n) is 1.25. The molecule has 2 nitrogen and oxygen atoms in total. The molecule has 1 aromatic rings. The maximum Gasteiger partial charge on any atom is 0.0613 e. The van der Waals surface area contributed by atoms with E-state index in [1.807, 2.05) is 6.07 Å². The number of methoxy groups -OCH3 is 1. The summed E-state index contributed by atoms with van der Waals surface area (Å²) >= 11 is 6.93. The van der Waals surface area contributed by atoms with Gasteiger partial charge in [0, 0.05) is 28.6 Å². The molecule has 1 aromatic carbocycles. The van der Waals surface area contributed by atoms with Gasteiger partial charge in [-0.05, 0) is 56.5 Å². The number of nitrogens with one attached hydrogen (secondary N) is 1. The van der Waals surface area contributed by atoms with E-state index in [0.717, 1.165) is 22.1 Å². The highest BCUT2D eigenvalue weighted by Gasteiger charge is 2.02. The van der Waals surface area contributed by atoms with E-state index in [-0.39, 0.29) is 0 Å². The van der Waals surface area contributed by atoms with Gasteiger partial charge in [0.1, 0.15) is 0 Å². The third kappa shape index (κ3) is 4.64. The number of hydrogen-bond acceptors (Lipinski definition) is 2. The SMILES string of the molecule is COCC(C)NCc1ccc(Br)c(Br)c1. The van der Waals surface area contributed by atoms with Gasteiger partial charge in [-0.3, -0.25) is 0 Å². The molecule has 0 aromatic heterocycles. The zero-order valence-corrected chi connectivity index (χ0v) is 12.1. The maximum absolute atomic E-state index is 5.06. The summed E-state index contributed by atoms with van der Waals surface area (Å²) in [4.78, 5) is 0. The zero-order valence-electron chi connectivity index (χ0n) is 8.89. The molecule has 0 fully saturated rings. The fourth-order valence-corrected chi connectivity index (χ4v) is 1.92. The molecule has 0 saturated heterocycles. The molecule has 4 heteroatoms. The van der Waals surface area contributed by atoms with Crippen molar-refractivity contribution in [2.45, 2.75) is 19.5 Å². The van der Waals surface area contributed by atoms with Gasteiger partial charge in [0.05, 0.1) is 6.61 Å². The molecule has 0 bridgehead atoms. The summed E-state index contributed by atoms with van der Waals surface area (Å²) in [5, 5.41) is 3.39. The molecular formula is C11H15Br2NO. The molecule has 1 N–H and O–H groups in total. The monoisotopic (exact) mass is 335 g/mol. The fraction of sp³-hybridized carbons (Fsp3) is 0.455. The Morgan fingerprint density at radius 1 is 1.33 bits per heavy atom. The van der Waals surface area contributed by atoms with Crippen molar-refractivity contribution >= 4 is 31.9 Å². The first-order valence-corrected chi connectivity index (χ1v) is 6.38. The minimum atomic E-state index is 0.373. The molecule has 1 unspecified atom stereocenters. The van der Waals surface area contributed by atoms with Gasteiger partial charge < -0.3 is 10.1 Å². The van der Waals surface area contributed by atoms with Crippen molar-refractivity contribution < 1.29 is 4.74 Å². The predicted molar refractivity (Wildman–Crippen MR) is 70.0 cm³/mol. The Labute approximate surface area is 108 Å². The van der Waals surface area contributed by atoms with Crippen LogP contribution in [0.5, 0.6) is 0 Å². The molecule has 1 atom stereocenters. The molecule has 0 aliphatic carbocycles. The van der Waals surface area contributed by atoms with Gasteiger partial charge in [-0.2, -0.15) is 0 Å². The van der Waals surface area contributed by atoms with Crippen LogP contribution in [-0.2, 0) is 11.3 Å². The lowest BCUT2D eigenvalue weighted by molar-refractivity contribution is 0.171. The molecule has 0 heterocycles. The molecule has 0 amide bonds. The minimum Gasteiger partial charge on any atom is -0.383 e. The van der Waals surface area contributed by atoms with Crippen LogP contribution in [0, 0.1) is 0 Å². The zero-order chi connectivity index (χ0) is 11.3. The van der Waals surface area contributed by atoms with E-state index in [0.29, 0.717) is 6.04 Å². The Balaban J connectivity index is 2.47. The second-order valence-electron chi connectivity index (χ2n) is 3.49. The number of benzene rings is 1. The largest absolute Gasteiger partial charge is 0.383 e. The van der Waals surface area contributed by atoms with Crippen molar-refractivity contribution in [1.82, 2.24) is 5.32 Å². The van der Waals surface area contributed by atoms with E-state index in [1.54, 1.807) is 7.11 Å². The number of hydrogen-bond donors (Lipinski definition) is 1. The Morgan fingerprint density at radius 3 is 2.67 bits per heavy atom. The van der Waals surface area contributed by atoms with E-state index in [2.05, 4.69) is 56.2 Å². The number of rotatable bonds is 5. The van der Waals surface area contributed by atoms with Crippen molar-refractivity contribution in [2.75, 3.05) is 13.7 Å². The highest BCUT2D eigenvalue weighted by molar-refractivity contribution is 9.13. The summed E-state index contributed by atoms with van der Waals surface area (Å²) in [6.07, 6.45) is 0. The molecule has 0 saturated carbocycles. The normalized spacial score (nSPS) is 12.8. The van der Waals surface area contributed by atoms with Crippen LogP contribution < -0.4 is 5.32 Å². The first-order chi connectivity index (χ1) is 7.13. The Kier molecular flexibility index (Phi) is 5.82. The summed E-state index contributed by atoms with van der Waals surface area (Å²) in [5.74, 6) is 0. The summed E-state index contributed by atoms with van der Waals surface area (Å²) < 4.78 is 7.22. The molecule has 84 valence electrons. The van der Waals surface area contributed by atoms with E-state index < -0.39 is 0 Å². The average molecular weight is 337 g/mol. The van der Waals surface area contributed by atoms with Gasteiger partial charge in [0.2, 0.25) is 0 Å². The third-order valence-corrected chi connectivity index (χ3v) is 3.93. The van der Waals surface area contributed by atoms with Gasteiger partial charge in [-0.15, -0.1) is 0 Å². The molecule has 0 aliphatic heterocycles. The van der Waals surface area contributed by atoms with Crippen LogP contribution in [0.2, 0.25) is 0 Å². The maximum atomic E-state index is 5.06. The van der Waals surface area contributed by atoms with Gasteiger partial charge in [0.15, 0.2) is 0 Å². The minimum absolute atomic E-state index is 0.373. The smallest absolute Gasteiger partial charge is 0.0613 e. The van der Waals surface area contributed by atoms with Crippen LogP contribution >= 0.6 is 31.9 Å². The Morgan fingerprint density at radius 2 is 2.07 bits per heavy atom. The van der Waals surface area contributed by atoms with E-state index in [4.69, 9.17) is 4.74 Å². The van der Waals surface area contributed by atoms with Crippen LogP contribution in [0.3, 0.4) is 0 Å². The van der Waals surface area contributed by atoms with E-state index in [1.165, 1.54) is 5.56 Å². The van der Waals surface area contributed by atoms with Gasteiger partial charge in [-0.25, -0.2) is 0 Å². The third-order valence-electron chi connectivity index (χ3n) is 2.06. The quantitative estimate of drug-likeness (QED) is 0.890. The van der Waals surface area contributed by atoms with Gasteiger partial charge >= 0.3 is 0 Å². The summed E-state index contributed by atoms with van der Waals surface area (Å²) in [6.45, 7) is 3.70. The average Bonchev–Trinajstić information content (AvgIpc) is 2.20. The van der Waals surface area contributed by atoms with Crippen molar-refractivity contribution in [2.24, 2.45) is 0 Å². The van der Waals surface area contributed by atoms with Crippen LogP contribution in [0.25, 0.3) is 0 Å². The van der Waals surface area contributed by atoms with Crippen molar-refractivity contribution in [3.8, 4) is 0 Å². The molecule has 0 spiro atoms. The second-order valence-corrected chi connectivity index (χ2v) is 5.19. The number of halogens is 2.